The zero-order valence-electron chi connectivity index (χ0n) is 13.7. The molecule has 3 aromatic rings. The summed E-state index contributed by atoms with van der Waals surface area (Å²) >= 11 is 0. The second-order valence-corrected chi connectivity index (χ2v) is 5.37. The molecule has 0 radical (unpaired) electrons. The Kier molecular flexibility index (Phi) is 5.14. The second kappa shape index (κ2) is 7.85. The smallest absolute Gasteiger partial charge is 0.273 e. The fraction of sp³-hybridized carbons (Fsp3) is 0. The minimum atomic E-state index is -0.511. The van der Waals surface area contributed by atoms with Gasteiger partial charge in [-0.15, -0.1) is 0 Å². The van der Waals surface area contributed by atoms with Gasteiger partial charge in [0.1, 0.15) is 17.2 Å². The Morgan fingerprint density at radius 1 is 0.731 bits per heavy atom. The maximum Gasteiger partial charge on any atom is 0.273 e. The molecule has 6 heteroatoms. The van der Waals surface area contributed by atoms with Crippen LogP contribution in [0.3, 0.4) is 0 Å². The molecular weight excluding hydrogens is 332 g/mol. The number of nitrogens with one attached hydrogen (secondary N) is 2. The molecule has 0 heterocycles. The fourth-order valence-corrected chi connectivity index (χ4v) is 2.22. The van der Waals surface area contributed by atoms with E-state index in [9.17, 15) is 14.7 Å². The molecule has 6 nitrogen and oxygen atoms in total. The molecule has 3 rings (SSSR count). The number of amides is 2. The van der Waals surface area contributed by atoms with Crippen LogP contribution >= 0.6 is 0 Å². The first-order valence-electron chi connectivity index (χ1n) is 7.85. The molecule has 0 aromatic heterocycles. The van der Waals surface area contributed by atoms with Gasteiger partial charge in [-0.2, -0.15) is 0 Å². The van der Waals surface area contributed by atoms with Gasteiger partial charge in [-0.05, 0) is 48.5 Å². The van der Waals surface area contributed by atoms with E-state index in [1.807, 2.05) is 18.2 Å². The zero-order valence-corrected chi connectivity index (χ0v) is 13.7. The summed E-state index contributed by atoms with van der Waals surface area (Å²) in [6.45, 7) is 0. The van der Waals surface area contributed by atoms with E-state index in [1.165, 1.54) is 24.3 Å². The Morgan fingerprint density at radius 3 is 2.08 bits per heavy atom. The average Bonchev–Trinajstić information content (AvgIpc) is 2.67. The van der Waals surface area contributed by atoms with Crippen molar-refractivity contribution in [3.63, 3.8) is 0 Å². The maximum absolute atomic E-state index is 12.4. The molecule has 2 amide bonds. The summed E-state index contributed by atoms with van der Waals surface area (Å²) in [6.07, 6.45) is 0. The Bertz CT molecular complexity index is 909. The quantitative estimate of drug-likeness (QED) is 0.632. The highest BCUT2D eigenvalue weighted by atomic mass is 16.5. The number of hydrogen-bond donors (Lipinski definition) is 3. The van der Waals surface area contributed by atoms with Crippen molar-refractivity contribution >= 4 is 11.8 Å². The van der Waals surface area contributed by atoms with Crippen LogP contribution in [0.2, 0.25) is 0 Å². The van der Waals surface area contributed by atoms with E-state index >= 15 is 0 Å². The number of rotatable bonds is 4. The van der Waals surface area contributed by atoms with Crippen LogP contribution in [0.5, 0.6) is 17.2 Å². The van der Waals surface area contributed by atoms with Crippen molar-refractivity contribution in [1.29, 1.82) is 0 Å². The molecule has 26 heavy (non-hydrogen) atoms. The number of carbonyl (C=O) groups is 2. The SMILES string of the molecule is O=C(NNC(=O)c1ccccc1Oc1ccccc1)c1ccc(O)cc1. The van der Waals surface area contributed by atoms with Crippen LogP contribution in [0, 0.1) is 0 Å². The molecule has 0 aliphatic rings. The highest BCUT2D eigenvalue weighted by Crippen LogP contribution is 2.24. The molecule has 0 saturated heterocycles. The first-order valence-corrected chi connectivity index (χ1v) is 7.85. The summed E-state index contributed by atoms with van der Waals surface area (Å²) in [7, 11) is 0. The standard InChI is InChI=1S/C20H16N2O4/c23-15-12-10-14(11-13-15)19(24)21-22-20(25)17-8-4-5-9-18(17)26-16-6-2-1-3-7-16/h1-13,23H,(H,21,24)(H,22,25). The molecular formula is C20H16N2O4. The summed E-state index contributed by atoms with van der Waals surface area (Å²) in [5, 5.41) is 9.24. The molecule has 0 aliphatic heterocycles. The Labute approximate surface area is 150 Å². The van der Waals surface area contributed by atoms with E-state index < -0.39 is 11.8 Å². The van der Waals surface area contributed by atoms with E-state index in [0.29, 0.717) is 17.1 Å². The van der Waals surface area contributed by atoms with Gasteiger partial charge in [0, 0.05) is 5.56 Å². The molecule has 0 aliphatic carbocycles. The number of carbonyl (C=O) groups excluding carboxylic acids is 2. The number of hydrogen-bond acceptors (Lipinski definition) is 4. The molecule has 0 bridgehead atoms. The first kappa shape index (κ1) is 17.0. The summed E-state index contributed by atoms with van der Waals surface area (Å²) in [5.41, 5.74) is 5.27. The van der Waals surface area contributed by atoms with Crippen LogP contribution in [-0.4, -0.2) is 16.9 Å². The molecule has 0 spiro atoms. The van der Waals surface area contributed by atoms with Crippen molar-refractivity contribution < 1.29 is 19.4 Å². The van der Waals surface area contributed by atoms with Crippen molar-refractivity contribution in [2.45, 2.75) is 0 Å². The number of ether oxygens (including phenoxy) is 1. The summed E-state index contributed by atoms with van der Waals surface area (Å²) in [5.74, 6) is 0.0111. The summed E-state index contributed by atoms with van der Waals surface area (Å²) < 4.78 is 5.73. The van der Waals surface area contributed by atoms with Crippen LogP contribution in [0.15, 0.2) is 78.9 Å². The number of aromatic hydroxyl groups is 1. The molecule has 3 N–H and O–H groups in total. The zero-order chi connectivity index (χ0) is 18.4. The molecule has 0 fully saturated rings. The number of hydrazine groups is 1. The van der Waals surface area contributed by atoms with Crippen molar-refractivity contribution in [3.05, 3.63) is 90.0 Å². The lowest BCUT2D eigenvalue weighted by molar-refractivity contribution is 0.0845. The molecule has 0 unspecified atom stereocenters. The van der Waals surface area contributed by atoms with E-state index in [2.05, 4.69) is 10.9 Å². The van der Waals surface area contributed by atoms with Crippen LogP contribution in [0.25, 0.3) is 0 Å². The second-order valence-electron chi connectivity index (χ2n) is 5.37. The average molecular weight is 348 g/mol. The summed E-state index contributed by atoms with van der Waals surface area (Å²) in [4.78, 5) is 24.4. The molecule has 3 aromatic carbocycles. The monoisotopic (exact) mass is 348 g/mol. The molecule has 0 atom stereocenters. The minimum absolute atomic E-state index is 0.0533. The van der Waals surface area contributed by atoms with Gasteiger partial charge < -0.3 is 9.84 Å². The van der Waals surface area contributed by atoms with Gasteiger partial charge in [0.25, 0.3) is 11.8 Å². The summed E-state index contributed by atoms with van der Waals surface area (Å²) in [6, 6.07) is 21.5. The van der Waals surface area contributed by atoms with Gasteiger partial charge in [0.15, 0.2) is 0 Å². The predicted octanol–water partition coefficient (Wildman–Crippen LogP) is 3.26. The van der Waals surface area contributed by atoms with Gasteiger partial charge in [-0.1, -0.05) is 30.3 Å². The Morgan fingerprint density at radius 2 is 1.35 bits per heavy atom. The van der Waals surface area contributed by atoms with Gasteiger partial charge in [-0.25, -0.2) is 0 Å². The van der Waals surface area contributed by atoms with Crippen LogP contribution in [0.1, 0.15) is 20.7 Å². The van der Waals surface area contributed by atoms with Crippen molar-refractivity contribution in [2.24, 2.45) is 0 Å². The number of para-hydroxylation sites is 2. The van der Waals surface area contributed by atoms with Crippen LogP contribution in [-0.2, 0) is 0 Å². The predicted molar refractivity (Wildman–Crippen MR) is 96.0 cm³/mol. The van der Waals surface area contributed by atoms with Gasteiger partial charge >= 0.3 is 0 Å². The molecule has 130 valence electrons. The topological polar surface area (TPSA) is 87.7 Å². The van der Waals surface area contributed by atoms with E-state index in [1.54, 1.807) is 36.4 Å². The number of benzene rings is 3. The number of phenols is 1. The van der Waals surface area contributed by atoms with Crippen molar-refractivity contribution in [3.8, 4) is 17.2 Å². The highest BCUT2D eigenvalue weighted by molar-refractivity contribution is 6.00. The third kappa shape index (κ3) is 4.18. The normalized spacial score (nSPS) is 10.0. The van der Waals surface area contributed by atoms with E-state index in [-0.39, 0.29) is 11.3 Å². The van der Waals surface area contributed by atoms with Crippen LogP contribution < -0.4 is 15.6 Å². The van der Waals surface area contributed by atoms with Crippen molar-refractivity contribution in [2.75, 3.05) is 0 Å². The lowest BCUT2D eigenvalue weighted by atomic mass is 10.2. The minimum Gasteiger partial charge on any atom is -0.508 e. The van der Waals surface area contributed by atoms with Gasteiger partial charge in [0.2, 0.25) is 0 Å². The fourth-order valence-electron chi connectivity index (χ4n) is 2.22. The van der Waals surface area contributed by atoms with E-state index in [4.69, 9.17) is 4.74 Å². The van der Waals surface area contributed by atoms with Gasteiger partial charge in [0.05, 0.1) is 5.56 Å². The van der Waals surface area contributed by atoms with E-state index in [0.717, 1.165) is 0 Å². The largest absolute Gasteiger partial charge is 0.508 e. The van der Waals surface area contributed by atoms with Gasteiger partial charge in [-0.3, -0.25) is 20.4 Å². The Hall–Kier alpha value is -3.80. The molecule has 0 saturated carbocycles. The maximum atomic E-state index is 12.4. The Balaban J connectivity index is 1.68. The third-order valence-electron chi connectivity index (χ3n) is 3.52. The van der Waals surface area contributed by atoms with Crippen molar-refractivity contribution in [1.82, 2.24) is 10.9 Å². The third-order valence-corrected chi connectivity index (χ3v) is 3.52. The first-order chi connectivity index (χ1) is 12.6. The lowest BCUT2D eigenvalue weighted by Crippen LogP contribution is -2.41. The number of phenolic OH excluding ortho intramolecular Hbond substituents is 1. The lowest BCUT2D eigenvalue weighted by Gasteiger charge is -2.12. The van der Waals surface area contributed by atoms with Crippen LogP contribution in [0.4, 0.5) is 0 Å². The highest BCUT2D eigenvalue weighted by Gasteiger charge is 2.14.